The van der Waals surface area contributed by atoms with Gasteiger partial charge in [0, 0.05) is 12.1 Å². The highest BCUT2D eigenvalue weighted by Gasteiger charge is 2.49. The number of nitrogens with zero attached hydrogens (tertiary/aromatic N) is 1. The van der Waals surface area contributed by atoms with Gasteiger partial charge in [-0.25, -0.2) is 4.79 Å². The summed E-state index contributed by atoms with van der Waals surface area (Å²) in [6.07, 6.45) is 2.65. The molecule has 2 aliphatic rings. The summed E-state index contributed by atoms with van der Waals surface area (Å²) in [5.41, 5.74) is -0.236. The van der Waals surface area contributed by atoms with E-state index in [1.165, 1.54) is 6.26 Å². The van der Waals surface area contributed by atoms with Crippen molar-refractivity contribution in [2.75, 3.05) is 13.1 Å². The number of urea groups is 1. The third-order valence-corrected chi connectivity index (χ3v) is 3.85. The van der Waals surface area contributed by atoms with Gasteiger partial charge in [-0.05, 0) is 25.8 Å². The molecule has 2 saturated heterocycles. The molecule has 2 N–H and O–H groups in total. The van der Waals surface area contributed by atoms with E-state index in [1.807, 2.05) is 0 Å². The molecule has 4 amide bonds. The molecular formula is C13H15N3O4. The van der Waals surface area contributed by atoms with Gasteiger partial charge in [-0.2, -0.15) is 0 Å². The molecular weight excluding hydrogens is 262 g/mol. The van der Waals surface area contributed by atoms with Gasteiger partial charge < -0.3 is 14.6 Å². The molecule has 1 aromatic rings. The molecule has 0 aliphatic carbocycles. The Bertz CT molecular complexity index is 594. The Kier molecular flexibility index (Phi) is 2.77. The summed E-state index contributed by atoms with van der Waals surface area (Å²) in [6.45, 7) is 2.51. The molecule has 0 saturated carbocycles. The molecule has 0 radical (unpaired) electrons. The highest BCUT2D eigenvalue weighted by molar-refractivity contribution is 6.07. The minimum absolute atomic E-state index is 0.170. The number of hydrogen-bond acceptors (Lipinski definition) is 4. The first-order valence-electron chi connectivity index (χ1n) is 6.49. The highest BCUT2D eigenvalue weighted by atomic mass is 16.3. The molecule has 106 valence electrons. The summed E-state index contributed by atoms with van der Waals surface area (Å²) in [5, 5.41) is 4.87. The van der Waals surface area contributed by atoms with Crippen molar-refractivity contribution >= 4 is 17.8 Å². The molecule has 1 aromatic heterocycles. The van der Waals surface area contributed by atoms with Gasteiger partial charge in [-0.15, -0.1) is 0 Å². The molecule has 2 aliphatic heterocycles. The van der Waals surface area contributed by atoms with E-state index in [9.17, 15) is 14.4 Å². The lowest BCUT2D eigenvalue weighted by molar-refractivity contribution is -0.125. The Hall–Kier alpha value is -2.31. The largest absolute Gasteiger partial charge is 0.459 e. The van der Waals surface area contributed by atoms with E-state index in [-0.39, 0.29) is 24.1 Å². The number of imide groups is 1. The Labute approximate surface area is 115 Å². The maximum Gasteiger partial charge on any atom is 0.322 e. The van der Waals surface area contributed by atoms with E-state index in [0.29, 0.717) is 19.4 Å². The average Bonchev–Trinajstić information content (AvgIpc) is 2.94. The molecule has 2 fully saturated rings. The van der Waals surface area contributed by atoms with Crippen LogP contribution in [0.1, 0.15) is 29.0 Å². The lowest BCUT2D eigenvalue weighted by atomic mass is 9.89. The second kappa shape index (κ2) is 4.36. The summed E-state index contributed by atoms with van der Waals surface area (Å²) in [6, 6.07) is 1.22. The molecule has 1 spiro atoms. The standard InChI is InChI=1S/C13H15N3O4/c1-8-3-6-20-9(8)10(17)16-5-2-4-13(7-16)11(18)14-12(19)15-13/h3,6H,2,4-5,7H2,1H3,(H2,14,15,18,19). The van der Waals surface area contributed by atoms with E-state index in [0.717, 1.165) is 5.56 Å². The number of furan rings is 1. The third-order valence-electron chi connectivity index (χ3n) is 3.85. The van der Waals surface area contributed by atoms with Crippen molar-refractivity contribution in [1.29, 1.82) is 0 Å². The van der Waals surface area contributed by atoms with Gasteiger partial charge in [0.05, 0.1) is 12.8 Å². The second-order valence-electron chi connectivity index (χ2n) is 5.25. The van der Waals surface area contributed by atoms with Gasteiger partial charge >= 0.3 is 6.03 Å². The zero-order valence-electron chi connectivity index (χ0n) is 11.1. The van der Waals surface area contributed by atoms with Crippen LogP contribution in [0.3, 0.4) is 0 Å². The van der Waals surface area contributed by atoms with Gasteiger partial charge in [-0.3, -0.25) is 14.9 Å². The Morgan fingerprint density at radius 3 is 2.85 bits per heavy atom. The zero-order chi connectivity index (χ0) is 14.3. The van der Waals surface area contributed by atoms with Gasteiger partial charge in [-0.1, -0.05) is 0 Å². The average molecular weight is 277 g/mol. The van der Waals surface area contributed by atoms with Gasteiger partial charge in [0.15, 0.2) is 5.76 Å². The van der Waals surface area contributed by atoms with Crippen molar-refractivity contribution in [3.8, 4) is 0 Å². The van der Waals surface area contributed by atoms with Crippen molar-refractivity contribution in [3.05, 3.63) is 23.7 Å². The Morgan fingerprint density at radius 2 is 2.25 bits per heavy atom. The van der Waals surface area contributed by atoms with Crippen molar-refractivity contribution in [3.63, 3.8) is 0 Å². The molecule has 1 unspecified atom stereocenters. The maximum atomic E-state index is 12.4. The van der Waals surface area contributed by atoms with Crippen LogP contribution in [0.2, 0.25) is 0 Å². The number of hydrogen-bond donors (Lipinski definition) is 2. The molecule has 20 heavy (non-hydrogen) atoms. The molecule has 7 nitrogen and oxygen atoms in total. The topological polar surface area (TPSA) is 91.7 Å². The number of nitrogens with one attached hydrogen (secondary N) is 2. The van der Waals surface area contributed by atoms with Crippen LogP contribution in [0, 0.1) is 6.92 Å². The van der Waals surface area contributed by atoms with Crippen molar-refractivity contribution in [2.24, 2.45) is 0 Å². The number of rotatable bonds is 1. The van der Waals surface area contributed by atoms with Crippen LogP contribution >= 0.6 is 0 Å². The van der Waals surface area contributed by atoms with Crippen LogP contribution < -0.4 is 10.6 Å². The van der Waals surface area contributed by atoms with E-state index in [2.05, 4.69) is 10.6 Å². The van der Waals surface area contributed by atoms with Crippen LogP contribution in [-0.4, -0.2) is 41.4 Å². The number of likely N-dealkylation sites (tertiary alicyclic amines) is 1. The molecule has 0 bridgehead atoms. The van der Waals surface area contributed by atoms with E-state index >= 15 is 0 Å². The van der Waals surface area contributed by atoms with Crippen LogP contribution in [0.5, 0.6) is 0 Å². The quantitative estimate of drug-likeness (QED) is 0.727. The van der Waals surface area contributed by atoms with Crippen LogP contribution in [-0.2, 0) is 4.79 Å². The lowest BCUT2D eigenvalue weighted by Crippen LogP contribution is -2.59. The predicted molar refractivity (Wildman–Crippen MR) is 68.0 cm³/mol. The highest BCUT2D eigenvalue weighted by Crippen LogP contribution is 2.26. The van der Waals surface area contributed by atoms with E-state index in [4.69, 9.17) is 4.42 Å². The first kappa shape index (κ1) is 12.7. The molecule has 3 heterocycles. The minimum Gasteiger partial charge on any atom is -0.459 e. The Balaban J connectivity index is 1.82. The first-order chi connectivity index (χ1) is 9.52. The van der Waals surface area contributed by atoms with Gasteiger partial charge in [0.25, 0.3) is 11.8 Å². The SMILES string of the molecule is Cc1ccoc1C(=O)N1CCCC2(C1)NC(=O)NC2=O. The molecule has 7 heteroatoms. The smallest absolute Gasteiger partial charge is 0.322 e. The normalized spacial score (nSPS) is 25.8. The molecule has 0 aromatic carbocycles. The van der Waals surface area contributed by atoms with E-state index in [1.54, 1.807) is 17.9 Å². The molecule has 3 rings (SSSR count). The Morgan fingerprint density at radius 1 is 1.45 bits per heavy atom. The monoisotopic (exact) mass is 277 g/mol. The number of carbonyl (C=O) groups excluding carboxylic acids is 3. The van der Waals surface area contributed by atoms with Gasteiger partial charge in [0.1, 0.15) is 5.54 Å². The lowest BCUT2D eigenvalue weighted by Gasteiger charge is -2.37. The summed E-state index contributed by atoms with van der Waals surface area (Å²) in [4.78, 5) is 37.2. The molecule has 1 atom stereocenters. The number of piperidine rings is 1. The summed E-state index contributed by atoms with van der Waals surface area (Å²) < 4.78 is 5.20. The van der Waals surface area contributed by atoms with Crippen LogP contribution in [0.4, 0.5) is 4.79 Å². The number of aryl methyl sites for hydroxylation is 1. The second-order valence-corrected chi connectivity index (χ2v) is 5.25. The van der Waals surface area contributed by atoms with Crippen molar-refractivity contribution < 1.29 is 18.8 Å². The fourth-order valence-electron chi connectivity index (χ4n) is 2.78. The number of carbonyl (C=O) groups is 3. The minimum atomic E-state index is -0.995. The first-order valence-corrected chi connectivity index (χ1v) is 6.49. The number of amides is 4. The fraction of sp³-hybridized carbons (Fsp3) is 0.462. The van der Waals surface area contributed by atoms with Crippen LogP contribution in [0.15, 0.2) is 16.7 Å². The predicted octanol–water partition coefficient (Wildman–Crippen LogP) is 0.402. The zero-order valence-corrected chi connectivity index (χ0v) is 11.1. The van der Waals surface area contributed by atoms with Crippen molar-refractivity contribution in [2.45, 2.75) is 25.3 Å². The third kappa shape index (κ3) is 1.86. The maximum absolute atomic E-state index is 12.4. The van der Waals surface area contributed by atoms with Gasteiger partial charge in [0.2, 0.25) is 0 Å². The van der Waals surface area contributed by atoms with Crippen molar-refractivity contribution in [1.82, 2.24) is 15.5 Å². The van der Waals surface area contributed by atoms with E-state index < -0.39 is 11.6 Å². The van der Waals surface area contributed by atoms with Crippen LogP contribution in [0.25, 0.3) is 0 Å². The fourth-order valence-corrected chi connectivity index (χ4v) is 2.78. The summed E-state index contributed by atoms with van der Waals surface area (Å²) in [7, 11) is 0. The summed E-state index contributed by atoms with van der Waals surface area (Å²) >= 11 is 0. The summed E-state index contributed by atoms with van der Waals surface area (Å²) in [5.74, 6) is -0.330.